The van der Waals surface area contributed by atoms with Crippen LogP contribution in [-0.2, 0) is 0 Å². The monoisotopic (exact) mass is 165 g/mol. The Labute approximate surface area is 71.0 Å². The highest BCUT2D eigenvalue weighted by Crippen LogP contribution is 2.15. The van der Waals surface area contributed by atoms with Gasteiger partial charge in [0.1, 0.15) is 0 Å². The second-order valence-corrected chi connectivity index (χ2v) is 3.08. The molecule has 0 bridgehead atoms. The molecule has 2 rings (SSSR count). The van der Waals surface area contributed by atoms with Gasteiger partial charge in [-0.25, -0.2) is 0 Å². The molecule has 1 aromatic rings. The van der Waals surface area contributed by atoms with Gasteiger partial charge < -0.3 is 9.32 Å². The van der Waals surface area contributed by atoms with Gasteiger partial charge >= 0.3 is 0 Å². The molecule has 0 atom stereocenters. The van der Waals surface area contributed by atoms with E-state index in [9.17, 15) is 4.79 Å². The summed E-state index contributed by atoms with van der Waals surface area (Å²) in [5.74, 6) is 0.526. The number of likely N-dealkylation sites (tertiary alicyclic amines) is 1. The molecule has 64 valence electrons. The summed E-state index contributed by atoms with van der Waals surface area (Å²) in [5, 5.41) is 0. The van der Waals surface area contributed by atoms with Crippen LogP contribution < -0.4 is 0 Å². The SMILES string of the molecule is Cc1ccoc1C(=O)N1CCC1. The van der Waals surface area contributed by atoms with Crippen LogP contribution in [0.3, 0.4) is 0 Å². The van der Waals surface area contributed by atoms with E-state index in [0.717, 1.165) is 25.1 Å². The lowest BCUT2D eigenvalue weighted by Gasteiger charge is -2.30. The lowest BCUT2D eigenvalue weighted by atomic mass is 10.2. The van der Waals surface area contributed by atoms with Crippen LogP contribution in [0.5, 0.6) is 0 Å². The van der Waals surface area contributed by atoms with Crippen molar-refractivity contribution >= 4 is 5.91 Å². The summed E-state index contributed by atoms with van der Waals surface area (Å²) in [7, 11) is 0. The zero-order valence-electron chi connectivity index (χ0n) is 7.04. The molecule has 12 heavy (non-hydrogen) atoms. The molecular formula is C9H11NO2. The fraction of sp³-hybridized carbons (Fsp3) is 0.444. The van der Waals surface area contributed by atoms with E-state index >= 15 is 0 Å². The van der Waals surface area contributed by atoms with Crippen molar-refractivity contribution in [3.8, 4) is 0 Å². The van der Waals surface area contributed by atoms with Gasteiger partial charge in [0.05, 0.1) is 6.26 Å². The summed E-state index contributed by atoms with van der Waals surface area (Å²) in [5.41, 5.74) is 0.923. The largest absolute Gasteiger partial charge is 0.459 e. The zero-order chi connectivity index (χ0) is 8.55. The fourth-order valence-electron chi connectivity index (χ4n) is 1.25. The molecule has 0 radical (unpaired) electrons. The molecule has 1 aliphatic heterocycles. The molecule has 0 saturated carbocycles. The Morgan fingerprint density at radius 1 is 1.58 bits per heavy atom. The third kappa shape index (κ3) is 1.02. The lowest BCUT2D eigenvalue weighted by molar-refractivity contribution is 0.0618. The smallest absolute Gasteiger partial charge is 0.289 e. The van der Waals surface area contributed by atoms with Crippen LogP contribution in [0.1, 0.15) is 22.5 Å². The maximum Gasteiger partial charge on any atom is 0.289 e. The van der Waals surface area contributed by atoms with E-state index in [0.29, 0.717) is 5.76 Å². The van der Waals surface area contributed by atoms with Crippen molar-refractivity contribution in [1.29, 1.82) is 0 Å². The normalized spacial score (nSPS) is 15.9. The lowest BCUT2D eigenvalue weighted by Crippen LogP contribution is -2.42. The number of rotatable bonds is 1. The van der Waals surface area contributed by atoms with E-state index in [4.69, 9.17) is 4.42 Å². The first kappa shape index (κ1) is 7.40. The predicted molar refractivity (Wildman–Crippen MR) is 44.0 cm³/mol. The van der Waals surface area contributed by atoms with Gasteiger partial charge in [-0.05, 0) is 19.4 Å². The number of aryl methyl sites for hydroxylation is 1. The average Bonchev–Trinajstić information content (AvgIpc) is 2.31. The number of furan rings is 1. The van der Waals surface area contributed by atoms with Crippen molar-refractivity contribution in [2.75, 3.05) is 13.1 Å². The van der Waals surface area contributed by atoms with Gasteiger partial charge in [-0.3, -0.25) is 4.79 Å². The van der Waals surface area contributed by atoms with Gasteiger partial charge in [-0.15, -0.1) is 0 Å². The van der Waals surface area contributed by atoms with Crippen LogP contribution in [0.2, 0.25) is 0 Å². The molecule has 2 heterocycles. The second-order valence-electron chi connectivity index (χ2n) is 3.08. The van der Waals surface area contributed by atoms with Crippen LogP contribution >= 0.6 is 0 Å². The Balaban J connectivity index is 2.19. The van der Waals surface area contributed by atoms with Crippen molar-refractivity contribution in [1.82, 2.24) is 4.90 Å². The number of carbonyl (C=O) groups excluding carboxylic acids is 1. The van der Waals surface area contributed by atoms with Crippen molar-refractivity contribution in [3.05, 3.63) is 23.7 Å². The Kier molecular flexibility index (Phi) is 1.64. The van der Waals surface area contributed by atoms with Crippen LogP contribution in [0, 0.1) is 6.92 Å². The first-order valence-corrected chi connectivity index (χ1v) is 4.12. The zero-order valence-corrected chi connectivity index (χ0v) is 7.04. The fourth-order valence-corrected chi connectivity index (χ4v) is 1.25. The molecule has 0 aliphatic carbocycles. The topological polar surface area (TPSA) is 33.5 Å². The first-order valence-electron chi connectivity index (χ1n) is 4.12. The predicted octanol–water partition coefficient (Wildman–Crippen LogP) is 1.43. The van der Waals surface area contributed by atoms with Gasteiger partial charge in [0.2, 0.25) is 0 Å². The van der Waals surface area contributed by atoms with Crippen molar-refractivity contribution in [2.24, 2.45) is 0 Å². The average molecular weight is 165 g/mol. The Morgan fingerprint density at radius 2 is 2.33 bits per heavy atom. The van der Waals surface area contributed by atoms with E-state index < -0.39 is 0 Å². The Bertz CT molecular complexity index is 299. The highest BCUT2D eigenvalue weighted by Gasteiger charge is 2.24. The molecule has 1 fully saturated rings. The maximum atomic E-state index is 11.5. The van der Waals surface area contributed by atoms with Gasteiger partial charge in [0, 0.05) is 18.7 Å². The Hall–Kier alpha value is -1.25. The number of carbonyl (C=O) groups is 1. The van der Waals surface area contributed by atoms with Gasteiger partial charge in [-0.1, -0.05) is 0 Å². The van der Waals surface area contributed by atoms with Crippen molar-refractivity contribution in [3.63, 3.8) is 0 Å². The molecule has 0 unspecified atom stereocenters. The molecular weight excluding hydrogens is 154 g/mol. The molecule has 1 aromatic heterocycles. The highest BCUT2D eigenvalue weighted by atomic mass is 16.3. The third-order valence-electron chi connectivity index (χ3n) is 2.20. The van der Waals surface area contributed by atoms with E-state index in [-0.39, 0.29) is 5.91 Å². The minimum absolute atomic E-state index is 0.0313. The molecule has 0 spiro atoms. The minimum Gasteiger partial charge on any atom is -0.459 e. The quantitative estimate of drug-likeness (QED) is 0.630. The van der Waals surface area contributed by atoms with E-state index in [1.54, 1.807) is 11.2 Å². The number of nitrogens with zero attached hydrogens (tertiary/aromatic N) is 1. The molecule has 3 heteroatoms. The van der Waals surface area contributed by atoms with Crippen molar-refractivity contribution < 1.29 is 9.21 Å². The summed E-state index contributed by atoms with van der Waals surface area (Å²) in [6.07, 6.45) is 2.67. The second kappa shape index (κ2) is 2.66. The van der Waals surface area contributed by atoms with Crippen molar-refractivity contribution in [2.45, 2.75) is 13.3 Å². The maximum absolute atomic E-state index is 11.5. The summed E-state index contributed by atoms with van der Waals surface area (Å²) in [4.78, 5) is 13.3. The molecule has 0 N–H and O–H groups in total. The Morgan fingerprint density at radius 3 is 2.75 bits per heavy atom. The number of hydrogen-bond donors (Lipinski definition) is 0. The van der Waals surface area contributed by atoms with Crippen LogP contribution in [0.4, 0.5) is 0 Å². The van der Waals surface area contributed by atoms with Crippen LogP contribution in [0.15, 0.2) is 16.7 Å². The third-order valence-corrected chi connectivity index (χ3v) is 2.20. The number of hydrogen-bond acceptors (Lipinski definition) is 2. The highest BCUT2D eigenvalue weighted by molar-refractivity contribution is 5.93. The first-order chi connectivity index (χ1) is 5.79. The molecule has 3 nitrogen and oxygen atoms in total. The van der Waals surface area contributed by atoms with E-state index in [1.165, 1.54) is 0 Å². The van der Waals surface area contributed by atoms with E-state index in [2.05, 4.69) is 0 Å². The van der Waals surface area contributed by atoms with E-state index in [1.807, 2.05) is 13.0 Å². The summed E-state index contributed by atoms with van der Waals surface area (Å²) < 4.78 is 5.09. The van der Waals surface area contributed by atoms with Gasteiger partial charge in [0.25, 0.3) is 5.91 Å². The summed E-state index contributed by atoms with van der Waals surface area (Å²) in [6, 6.07) is 1.81. The summed E-state index contributed by atoms with van der Waals surface area (Å²) >= 11 is 0. The minimum atomic E-state index is 0.0313. The van der Waals surface area contributed by atoms with Crippen LogP contribution in [-0.4, -0.2) is 23.9 Å². The number of amides is 1. The molecule has 1 saturated heterocycles. The molecule has 0 aromatic carbocycles. The van der Waals surface area contributed by atoms with Gasteiger partial charge in [0.15, 0.2) is 5.76 Å². The van der Waals surface area contributed by atoms with Crippen LogP contribution in [0.25, 0.3) is 0 Å². The standard InChI is InChI=1S/C9H11NO2/c1-7-3-6-12-8(7)9(11)10-4-2-5-10/h3,6H,2,4-5H2,1H3. The molecule has 1 aliphatic rings. The molecule has 1 amide bonds. The summed E-state index contributed by atoms with van der Waals surface area (Å²) in [6.45, 7) is 3.63. The van der Waals surface area contributed by atoms with Gasteiger partial charge in [-0.2, -0.15) is 0 Å².